The van der Waals surface area contributed by atoms with Crippen LogP contribution in [0.25, 0.3) is 0 Å². The van der Waals surface area contributed by atoms with Gasteiger partial charge in [0.25, 0.3) is 0 Å². The van der Waals surface area contributed by atoms with Crippen LogP contribution in [0.3, 0.4) is 0 Å². The largest absolute Gasteiger partial charge is 0.485 e. The van der Waals surface area contributed by atoms with Crippen LogP contribution in [0.2, 0.25) is 5.02 Å². The lowest BCUT2D eigenvalue weighted by Crippen LogP contribution is -2.21. The van der Waals surface area contributed by atoms with Crippen LogP contribution in [0.1, 0.15) is 34.0 Å². The van der Waals surface area contributed by atoms with E-state index in [1.54, 1.807) is 6.07 Å². The highest BCUT2D eigenvalue weighted by atomic mass is 35.5. The summed E-state index contributed by atoms with van der Waals surface area (Å²) < 4.78 is 6.16. The Balaban J connectivity index is 1.66. The van der Waals surface area contributed by atoms with Gasteiger partial charge in [-0.3, -0.25) is 5.43 Å². The van der Waals surface area contributed by atoms with Gasteiger partial charge in [0.1, 0.15) is 11.9 Å². The van der Waals surface area contributed by atoms with Crippen LogP contribution in [0, 0.1) is 0 Å². The molecule has 1 aliphatic heterocycles. The highest BCUT2D eigenvalue weighted by Gasteiger charge is 2.26. The number of hydrazone groups is 1. The summed E-state index contributed by atoms with van der Waals surface area (Å²) in [6.45, 7) is 0. The van der Waals surface area contributed by atoms with E-state index in [1.807, 2.05) is 54.6 Å². The van der Waals surface area contributed by atoms with Gasteiger partial charge >= 0.3 is 5.97 Å². The van der Waals surface area contributed by atoms with Gasteiger partial charge in [-0.1, -0.05) is 54.1 Å². The number of anilines is 1. The number of nitrogens with zero attached hydrogens (tertiary/aromatic N) is 1. The Bertz CT molecular complexity index is 1050. The number of hydrogen-bond donors (Lipinski definition) is 2. The molecule has 0 saturated carbocycles. The lowest BCUT2D eigenvalue weighted by atomic mass is 9.96. The van der Waals surface area contributed by atoms with Crippen LogP contribution in [0.15, 0.2) is 77.9 Å². The molecule has 0 spiro atoms. The Morgan fingerprint density at radius 2 is 1.82 bits per heavy atom. The van der Waals surface area contributed by atoms with Crippen molar-refractivity contribution >= 4 is 29.0 Å². The van der Waals surface area contributed by atoms with Crippen molar-refractivity contribution in [1.29, 1.82) is 0 Å². The highest BCUT2D eigenvalue weighted by Crippen LogP contribution is 2.35. The van der Waals surface area contributed by atoms with Gasteiger partial charge in [-0.05, 0) is 35.9 Å². The molecule has 3 aromatic rings. The predicted molar refractivity (Wildman–Crippen MR) is 109 cm³/mol. The molecule has 0 bridgehead atoms. The van der Waals surface area contributed by atoms with Crippen molar-refractivity contribution in [2.24, 2.45) is 5.10 Å². The van der Waals surface area contributed by atoms with Gasteiger partial charge < -0.3 is 9.84 Å². The number of halogens is 1. The van der Waals surface area contributed by atoms with E-state index in [1.165, 1.54) is 12.1 Å². The molecule has 0 fully saturated rings. The highest BCUT2D eigenvalue weighted by molar-refractivity contribution is 6.33. The number of ether oxygens (including phenoxy) is 1. The third-order valence-electron chi connectivity index (χ3n) is 4.53. The standard InChI is InChI=1S/C22H17ClN2O3/c23-18-11-10-15(12-17(18)22(26)27)24-25-19-13-21(14-6-2-1-3-7-14)28-20-9-5-4-8-16(19)20/h1-12,21,24H,13H2,(H,26,27)/b25-19-. The zero-order chi connectivity index (χ0) is 19.5. The Labute approximate surface area is 167 Å². The minimum atomic E-state index is -1.08. The Kier molecular flexibility index (Phi) is 5.00. The van der Waals surface area contributed by atoms with Crippen LogP contribution in [-0.2, 0) is 0 Å². The Morgan fingerprint density at radius 1 is 1.07 bits per heavy atom. The van der Waals surface area contributed by atoms with E-state index in [9.17, 15) is 9.90 Å². The molecule has 1 heterocycles. The number of nitrogens with one attached hydrogen (secondary N) is 1. The van der Waals surface area contributed by atoms with Gasteiger partial charge in [0.2, 0.25) is 0 Å². The molecule has 140 valence electrons. The summed E-state index contributed by atoms with van der Waals surface area (Å²) in [5.74, 6) is -0.313. The number of para-hydroxylation sites is 1. The molecule has 1 aliphatic rings. The third-order valence-corrected chi connectivity index (χ3v) is 4.86. The van der Waals surface area contributed by atoms with E-state index >= 15 is 0 Å². The van der Waals surface area contributed by atoms with E-state index < -0.39 is 5.97 Å². The molecule has 6 heteroatoms. The van der Waals surface area contributed by atoms with Gasteiger partial charge in [0.15, 0.2) is 0 Å². The molecule has 2 N–H and O–H groups in total. The van der Waals surface area contributed by atoms with E-state index in [0.29, 0.717) is 12.1 Å². The number of carboxylic acids is 1. The Morgan fingerprint density at radius 3 is 2.61 bits per heavy atom. The summed E-state index contributed by atoms with van der Waals surface area (Å²) >= 11 is 5.93. The van der Waals surface area contributed by atoms with Crippen molar-refractivity contribution in [2.75, 3.05) is 5.43 Å². The van der Waals surface area contributed by atoms with Gasteiger partial charge in [0, 0.05) is 12.0 Å². The fraction of sp³-hybridized carbons (Fsp3) is 0.0909. The summed E-state index contributed by atoms with van der Waals surface area (Å²) in [5.41, 5.74) is 6.36. The molecule has 28 heavy (non-hydrogen) atoms. The van der Waals surface area contributed by atoms with E-state index in [4.69, 9.17) is 16.3 Å². The van der Waals surface area contributed by atoms with Gasteiger partial charge in [-0.15, -0.1) is 0 Å². The normalized spacial score (nSPS) is 16.9. The molecule has 0 saturated heterocycles. The summed E-state index contributed by atoms with van der Waals surface area (Å²) in [6, 6.07) is 22.4. The topological polar surface area (TPSA) is 70.9 Å². The molecule has 0 aromatic heterocycles. The maximum Gasteiger partial charge on any atom is 0.337 e. The summed E-state index contributed by atoms with van der Waals surface area (Å²) in [7, 11) is 0. The molecule has 0 radical (unpaired) electrons. The lowest BCUT2D eigenvalue weighted by Gasteiger charge is -2.27. The second-order valence-electron chi connectivity index (χ2n) is 6.39. The maximum atomic E-state index is 11.3. The molecule has 4 rings (SSSR count). The van der Waals surface area contributed by atoms with Crippen LogP contribution in [0.5, 0.6) is 5.75 Å². The number of carboxylic acid groups (broad SMARTS) is 1. The number of rotatable bonds is 4. The number of aromatic carboxylic acids is 1. The second-order valence-corrected chi connectivity index (χ2v) is 6.79. The fourth-order valence-electron chi connectivity index (χ4n) is 3.14. The molecule has 3 aromatic carbocycles. The first-order chi connectivity index (χ1) is 13.6. The van der Waals surface area contributed by atoms with Crippen molar-refractivity contribution in [3.63, 3.8) is 0 Å². The second kappa shape index (κ2) is 7.74. The maximum absolute atomic E-state index is 11.3. The first-order valence-electron chi connectivity index (χ1n) is 8.78. The molecule has 1 atom stereocenters. The van der Waals surface area contributed by atoms with Crippen LogP contribution in [-0.4, -0.2) is 16.8 Å². The van der Waals surface area contributed by atoms with E-state index in [0.717, 1.165) is 22.6 Å². The Hall–Kier alpha value is -3.31. The van der Waals surface area contributed by atoms with Crippen molar-refractivity contribution in [2.45, 2.75) is 12.5 Å². The molecule has 0 amide bonds. The van der Waals surface area contributed by atoms with E-state index in [-0.39, 0.29) is 16.7 Å². The van der Waals surface area contributed by atoms with Crippen LogP contribution >= 0.6 is 11.6 Å². The number of benzene rings is 3. The minimum absolute atomic E-state index is 0.0291. The number of hydrogen-bond acceptors (Lipinski definition) is 4. The van der Waals surface area contributed by atoms with Gasteiger partial charge in [-0.2, -0.15) is 5.10 Å². The fourth-order valence-corrected chi connectivity index (χ4v) is 3.34. The zero-order valence-electron chi connectivity index (χ0n) is 14.8. The van der Waals surface area contributed by atoms with E-state index in [2.05, 4.69) is 10.5 Å². The molecule has 5 nitrogen and oxygen atoms in total. The van der Waals surface area contributed by atoms with Gasteiger partial charge in [-0.25, -0.2) is 4.79 Å². The zero-order valence-corrected chi connectivity index (χ0v) is 15.6. The third kappa shape index (κ3) is 3.70. The molecule has 0 aliphatic carbocycles. The number of fused-ring (bicyclic) bond motifs is 1. The van der Waals surface area contributed by atoms with Crippen LogP contribution in [0.4, 0.5) is 5.69 Å². The molecular formula is C22H17ClN2O3. The lowest BCUT2D eigenvalue weighted by molar-refractivity contribution is 0.0697. The summed E-state index contributed by atoms with van der Waals surface area (Å²) in [4.78, 5) is 11.3. The number of carbonyl (C=O) groups is 1. The smallest absolute Gasteiger partial charge is 0.337 e. The average molecular weight is 393 g/mol. The van der Waals surface area contributed by atoms with Crippen molar-refractivity contribution in [3.05, 3.63) is 94.5 Å². The van der Waals surface area contributed by atoms with Crippen molar-refractivity contribution < 1.29 is 14.6 Å². The quantitative estimate of drug-likeness (QED) is 0.585. The first kappa shape index (κ1) is 18.1. The average Bonchev–Trinajstić information content (AvgIpc) is 2.73. The SMILES string of the molecule is O=C(O)c1cc(N/N=C2/CC(c3ccccc3)Oc3ccccc32)ccc1Cl. The van der Waals surface area contributed by atoms with Crippen molar-refractivity contribution in [3.8, 4) is 5.75 Å². The molecule has 1 unspecified atom stereocenters. The van der Waals surface area contributed by atoms with Crippen molar-refractivity contribution in [1.82, 2.24) is 0 Å². The van der Waals surface area contributed by atoms with Crippen LogP contribution < -0.4 is 10.2 Å². The monoisotopic (exact) mass is 392 g/mol. The minimum Gasteiger partial charge on any atom is -0.485 e. The first-order valence-corrected chi connectivity index (χ1v) is 9.16. The predicted octanol–water partition coefficient (Wildman–Crippen LogP) is 5.38. The van der Waals surface area contributed by atoms with Gasteiger partial charge in [0.05, 0.1) is 22.0 Å². The summed E-state index contributed by atoms with van der Waals surface area (Å²) in [6.07, 6.45) is 0.449. The molecular weight excluding hydrogens is 376 g/mol. The summed E-state index contributed by atoms with van der Waals surface area (Å²) in [5, 5.41) is 14.0.